The van der Waals surface area contributed by atoms with Gasteiger partial charge in [0.15, 0.2) is 0 Å². The molecule has 0 saturated heterocycles. The number of rotatable bonds is 11. The number of nitrogens with zero attached hydrogens (tertiary/aromatic N) is 1. The lowest BCUT2D eigenvalue weighted by Crippen LogP contribution is -2.26. The summed E-state index contributed by atoms with van der Waals surface area (Å²) in [5.41, 5.74) is 9.79. The number of carbonyl (C=O) groups excluding carboxylic acids is 2. The SMILES string of the molecule is N=C(N=[NH2+])c1cccc(NC(=O)C(Cc2ccc(C(=O)NCCC(=O)O)cc2)c2ccc(C3CCCCC3)cc2)c1. The zero-order valence-corrected chi connectivity index (χ0v) is 22.9. The monoisotopic (exact) mass is 554 g/mol. The Morgan fingerprint density at radius 1 is 0.951 bits per heavy atom. The highest BCUT2D eigenvalue weighted by Crippen LogP contribution is 2.34. The van der Waals surface area contributed by atoms with E-state index < -0.39 is 11.9 Å². The average molecular weight is 555 g/mol. The Hall–Kier alpha value is -4.66. The van der Waals surface area contributed by atoms with Gasteiger partial charge in [-0.3, -0.25) is 19.8 Å². The van der Waals surface area contributed by atoms with Crippen LogP contribution in [0.15, 0.2) is 77.9 Å². The van der Waals surface area contributed by atoms with Crippen molar-refractivity contribution in [3.05, 3.63) is 101 Å². The van der Waals surface area contributed by atoms with E-state index in [1.165, 1.54) is 37.7 Å². The molecule has 1 aliphatic carbocycles. The van der Waals surface area contributed by atoms with E-state index in [1.807, 2.05) is 24.3 Å². The average Bonchev–Trinajstić information content (AvgIpc) is 3.00. The fourth-order valence-corrected chi connectivity index (χ4v) is 5.26. The third kappa shape index (κ3) is 8.17. The van der Waals surface area contributed by atoms with E-state index in [0.717, 1.165) is 11.1 Å². The fourth-order valence-electron chi connectivity index (χ4n) is 5.26. The van der Waals surface area contributed by atoms with Gasteiger partial charge >= 0.3 is 5.97 Å². The van der Waals surface area contributed by atoms with Crippen LogP contribution in [0.3, 0.4) is 0 Å². The minimum atomic E-state index is -0.976. The summed E-state index contributed by atoms with van der Waals surface area (Å²) < 4.78 is 0. The van der Waals surface area contributed by atoms with E-state index in [2.05, 4.69) is 27.9 Å². The highest BCUT2D eigenvalue weighted by molar-refractivity contribution is 6.00. The van der Waals surface area contributed by atoms with E-state index in [-0.39, 0.29) is 30.6 Å². The summed E-state index contributed by atoms with van der Waals surface area (Å²) in [5.74, 6) is -1.54. The number of amidine groups is 1. The Morgan fingerprint density at radius 2 is 1.66 bits per heavy atom. The van der Waals surface area contributed by atoms with E-state index in [9.17, 15) is 14.4 Å². The highest BCUT2D eigenvalue weighted by Gasteiger charge is 2.23. The molecule has 0 aliphatic heterocycles. The van der Waals surface area contributed by atoms with Crippen molar-refractivity contribution in [2.75, 3.05) is 11.9 Å². The Bertz CT molecular complexity index is 1400. The molecule has 1 aliphatic rings. The maximum Gasteiger partial charge on any atom is 0.305 e. The number of nitrogens with one attached hydrogen (secondary N) is 3. The van der Waals surface area contributed by atoms with Crippen molar-refractivity contribution in [2.45, 2.75) is 56.8 Å². The normalized spacial score (nSPS) is 14.0. The van der Waals surface area contributed by atoms with Crippen LogP contribution in [-0.2, 0) is 16.0 Å². The summed E-state index contributed by atoms with van der Waals surface area (Å²) in [4.78, 5) is 36.7. The second-order valence-corrected chi connectivity index (χ2v) is 10.4. The molecular weight excluding hydrogens is 518 g/mol. The number of anilines is 1. The van der Waals surface area contributed by atoms with Gasteiger partial charge in [-0.2, -0.15) is 5.53 Å². The number of carboxylic acid groups (broad SMARTS) is 1. The Balaban J connectivity index is 1.54. The molecule has 3 aromatic carbocycles. The van der Waals surface area contributed by atoms with Crippen LogP contribution in [0.1, 0.15) is 83.0 Å². The molecular formula is C32H36N5O4+. The summed E-state index contributed by atoms with van der Waals surface area (Å²) in [7, 11) is 0. The summed E-state index contributed by atoms with van der Waals surface area (Å²) >= 11 is 0. The van der Waals surface area contributed by atoms with Crippen LogP contribution in [0.5, 0.6) is 0 Å². The second-order valence-electron chi connectivity index (χ2n) is 10.4. The van der Waals surface area contributed by atoms with Gasteiger partial charge in [0.05, 0.1) is 12.3 Å². The zero-order chi connectivity index (χ0) is 29.2. The standard InChI is InChI=1S/C32H35N5O4/c33-30(37-34)26-7-4-8-27(20-26)36-32(41)28(24-15-13-23(14-16-24)22-5-2-1-3-6-22)19-21-9-11-25(12-10-21)31(40)35-18-17-29(38)39/h4,7-16,20,22,28,33-34H,1-3,5-6,17-19H2,(H,35,40)(H,36,41)(H,38,39)/p+1. The van der Waals surface area contributed by atoms with Crippen LogP contribution in [0, 0.1) is 5.41 Å². The van der Waals surface area contributed by atoms with Crippen molar-refractivity contribution >= 4 is 29.3 Å². The third-order valence-electron chi connectivity index (χ3n) is 7.54. The zero-order valence-electron chi connectivity index (χ0n) is 22.9. The maximum atomic E-state index is 13.7. The first-order valence-electron chi connectivity index (χ1n) is 13.9. The molecule has 2 amide bonds. The largest absolute Gasteiger partial charge is 0.481 e. The number of nitrogens with two attached hydrogens (primary N) is 1. The quantitative estimate of drug-likeness (QED) is 0.135. The Kier molecular flexibility index (Phi) is 10.1. The molecule has 1 fully saturated rings. The Labute approximate surface area is 239 Å². The minimum Gasteiger partial charge on any atom is -0.481 e. The van der Waals surface area contributed by atoms with E-state index in [0.29, 0.717) is 29.2 Å². The molecule has 0 heterocycles. The first-order chi connectivity index (χ1) is 19.8. The van der Waals surface area contributed by atoms with Crippen molar-refractivity contribution < 1.29 is 25.0 Å². The predicted octanol–water partition coefficient (Wildman–Crippen LogP) is 4.44. The van der Waals surface area contributed by atoms with Gasteiger partial charge in [0.25, 0.3) is 5.91 Å². The van der Waals surface area contributed by atoms with Gasteiger partial charge in [-0.1, -0.05) is 67.8 Å². The molecule has 3 aromatic rings. The number of hydrogen-bond acceptors (Lipinski definition) is 4. The molecule has 41 heavy (non-hydrogen) atoms. The van der Waals surface area contributed by atoms with Crippen LogP contribution in [0.25, 0.3) is 0 Å². The number of benzene rings is 3. The molecule has 1 atom stereocenters. The molecule has 9 nitrogen and oxygen atoms in total. The molecule has 0 aromatic heterocycles. The van der Waals surface area contributed by atoms with Gasteiger partial charge < -0.3 is 15.7 Å². The van der Waals surface area contributed by atoms with Crippen molar-refractivity contribution in [3.63, 3.8) is 0 Å². The van der Waals surface area contributed by atoms with Gasteiger partial charge in [0.1, 0.15) is 0 Å². The Morgan fingerprint density at radius 3 is 2.32 bits per heavy atom. The van der Waals surface area contributed by atoms with E-state index >= 15 is 0 Å². The number of hydrogen-bond donors (Lipinski definition) is 5. The second kappa shape index (κ2) is 14.1. The molecule has 212 valence electrons. The summed E-state index contributed by atoms with van der Waals surface area (Å²) in [6.45, 7) is 0.0507. The van der Waals surface area contributed by atoms with Crippen molar-refractivity contribution in [2.24, 2.45) is 5.11 Å². The van der Waals surface area contributed by atoms with Gasteiger partial charge in [-0.05, 0) is 66.1 Å². The summed E-state index contributed by atoms with van der Waals surface area (Å²) in [6.07, 6.45) is 6.44. The maximum absolute atomic E-state index is 13.7. The van der Waals surface area contributed by atoms with Crippen molar-refractivity contribution in [1.29, 1.82) is 5.41 Å². The lowest BCUT2D eigenvalue weighted by atomic mass is 9.83. The molecule has 1 saturated carbocycles. The van der Waals surface area contributed by atoms with Crippen LogP contribution >= 0.6 is 0 Å². The van der Waals surface area contributed by atoms with Gasteiger partial charge in [-0.25, -0.2) is 0 Å². The van der Waals surface area contributed by atoms with Gasteiger partial charge in [0.2, 0.25) is 11.7 Å². The lowest BCUT2D eigenvalue weighted by molar-refractivity contribution is -0.207. The number of carbonyl (C=O) groups is 3. The first kappa shape index (κ1) is 29.3. The molecule has 6 N–H and O–H groups in total. The minimum absolute atomic E-state index is 0.0507. The predicted molar refractivity (Wildman–Crippen MR) is 156 cm³/mol. The van der Waals surface area contributed by atoms with Crippen LogP contribution < -0.4 is 16.2 Å². The number of aliphatic carboxylic acids is 1. The molecule has 4 rings (SSSR count). The van der Waals surface area contributed by atoms with Crippen LogP contribution in [-0.4, -0.2) is 35.3 Å². The molecule has 1 unspecified atom stereocenters. The fraction of sp³-hybridized carbons (Fsp3) is 0.312. The van der Waals surface area contributed by atoms with E-state index in [1.54, 1.807) is 36.4 Å². The number of carboxylic acids is 1. The van der Waals surface area contributed by atoms with Crippen LogP contribution in [0.4, 0.5) is 5.69 Å². The summed E-state index contributed by atoms with van der Waals surface area (Å²) in [5, 5.41) is 25.7. The molecule has 0 spiro atoms. The van der Waals surface area contributed by atoms with Gasteiger partial charge in [-0.15, -0.1) is 0 Å². The molecule has 0 radical (unpaired) electrons. The smallest absolute Gasteiger partial charge is 0.305 e. The first-order valence-corrected chi connectivity index (χ1v) is 13.9. The number of amides is 2. The highest BCUT2D eigenvalue weighted by atomic mass is 16.4. The van der Waals surface area contributed by atoms with Crippen LogP contribution in [0.2, 0.25) is 0 Å². The topological polar surface area (TPSA) is 157 Å². The lowest BCUT2D eigenvalue weighted by Gasteiger charge is -2.23. The van der Waals surface area contributed by atoms with Crippen molar-refractivity contribution in [3.8, 4) is 0 Å². The van der Waals surface area contributed by atoms with Crippen molar-refractivity contribution in [1.82, 2.24) is 5.32 Å². The summed E-state index contributed by atoms with van der Waals surface area (Å²) in [6, 6.07) is 22.2. The van der Waals surface area contributed by atoms with Gasteiger partial charge in [0, 0.05) is 28.5 Å². The third-order valence-corrected chi connectivity index (χ3v) is 7.54. The molecule has 9 heteroatoms. The van der Waals surface area contributed by atoms with E-state index in [4.69, 9.17) is 16.0 Å². The molecule has 0 bridgehead atoms.